The fraction of sp³-hybridized carbons (Fsp3) is 0.222. The van der Waals surface area contributed by atoms with E-state index in [1.165, 1.54) is 0 Å². The highest BCUT2D eigenvalue weighted by molar-refractivity contribution is 14.1. The van der Waals surface area contributed by atoms with Crippen molar-refractivity contribution in [2.24, 2.45) is 0 Å². The summed E-state index contributed by atoms with van der Waals surface area (Å²) in [5.74, 6) is 0.351. The molecule has 0 unspecified atom stereocenters. The molecule has 2 nitrogen and oxygen atoms in total. The van der Waals surface area contributed by atoms with Crippen LogP contribution in [-0.2, 0) is 11.2 Å². The normalized spacial score (nSPS) is 10.0. The zero-order valence-electron chi connectivity index (χ0n) is 6.76. The van der Waals surface area contributed by atoms with Gasteiger partial charge in [-0.1, -0.05) is 28.1 Å². The zero-order chi connectivity index (χ0) is 9.84. The highest BCUT2D eigenvalue weighted by atomic mass is 127. The second kappa shape index (κ2) is 4.95. The van der Waals surface area contributed by atoms with Gasteiger partial charge in [-0.05, 0) is 34.2 Å². The summed E-state index contributed by atoms with van der Waals surface area (Å²) >= 11 is 5.14. The van der Waals surface area contributed by atoms with Gasteiger partial charge in [0.25, 0.3) is 0 Å². The van der Waals surface area contributed by atoms with Crippen LogP contribution in [0.25, 0.3) is 0 Å². The third-order valence-electron chi connectivity index (χ3n) is 1.59. The van der Waals surface area contributed by atoms with Crippen molar-refractivity contribution in [2.45, 2.75) is 6.42 Å². The van der Waals surface area contributed by atoms with E-state index in [4.69, 9.17) is 0 Å². The Morgan fingerprint density at radius 3 is 2.85 bits per heavy atom. The van der Waals surface area contributed by atoms with Gasteiger partial charge in [-0.2, -0.15) is 0 Å². The quantitative estimate of drug-likeness (QED) is 0.669. The third-order valence-corrected chi connectivity index (χ3v) is 3.47. The van der Waals surface area contributed by atoms with Gasteiger partial charge < -0.3 is 5.11 Å². The minimum Gasteiger partial charge on any atom is -0.507 e. The number of phenolic OH excluding ortho intramolecular Hbond substituents is 1. The minimum atomic E-state index is 0.114. The smallest absolute Gasteiger partial charge is 0.147 e. The second-order valence-corrected chi connectivity index (χ2v) is 4.24. The van der Waals surface area contributed by atoms with Gasteiger partial charge in [0.2, 0.25) is 0 Å². The number of hydrogen-bond acceptors (Lipinski definition) is 2. The first-order chi connectivity index (χ1) is 6.15. The molecule has 0 fully saturated rings. The molecule has 0 radical (unpaired) electrons. The SMILES string of the molecule is O=C(CBr)Cc1cccc(O)c1I. The van der Waals surface area contributed by atoms with Crippen LogP contribution in [-0.4, -0.2) is 16.2 Å². The number of rotatable bonds is 3. The Kier molecular flexibility index (Phi) is 4.18. The van der Waals surface area contributed by atoms with Crippen LogP contribution in [0.5, 0.6) is 5.75 Å². The Morgan fingerprint density at radius 2 is 2.23 bits per heavy atom. The lowest BCUT2D eigenvalue weighted by Gasteiger charge is -2.03. The van der Waals surface area contributed by atoms with Gasteiger partial charge in [0.15, 0.2) is 0 Å². The first kappa shape index (κ1) is 11.0. The predicted octanol–water partition coefficient (Wildman–Crippen LogP) is 2.50. The molecule has 0 spiro atoms. The van der Waals surface area contributed by atoms with Gasteiger partial charge in [-0.25, -0.2) is 0 Å². The lowest BCUT2D eigenvalue weighted by atomic mass is 10.1. The number of phenols is 1. The molecule has 1 N–H and O–H groups in total. The molecule has 0 heterocycles. The molecule has 0 aliphatic rings. The molecule has 0 atom stereocenters. The number of carbonyl (C=O) groups is 1. The highest BCUT2D eigenvalue weighted by Crippen LogP contribution is 2.23. The number of halogens is 2. The maximum Gasteiger partial charge on any atom is 0.147 e. The average molecular weight is 355 g/mol. The maximum absolute atomic E-state index is 11.1. The number of aromatic hydroxyl groups is 1. The minimum absolute atomic E-state index is 0.114. The fourth-order valence-corrected chi connectivity index (χ4v) is 1.71. The molecule has 1 aromatic carbocycles. The van der Waals surface area contributed by atoms with Gasteiger partial charge in [-0.3, -0.25) is 4.79 Å². The van der Waals surface area contributed by atoms with E-state index in [0.29, 0.717) is 11.8 Å². The maximum atomic E-state index is 11.1. The predicted molar refractivity (Wildman–Crippen MR) is 63.3 cm³/mol. The number of benzene rings is 1. The van der Waals surface area contributed by atoms with Crippen LogP contribution >= 0.6 is 38.5 Å². The number of ketones is 1. The van der Waals surface area contributed by atoms with Crippen molar-refractivity contribution in [3.05, 3.63) is 27.3 Å². The molecule has 0 saturated carbocycles. The van der Waals surface area contributed by atoms with Crippen molar-refractivity contribution in [3.63, 3.8) is 0 Å². The Hall–Kier alpha value is -0.100. The first-order valence-electron chi connectivity index (χ1n) is 3.69. The van der Waals surface area contributed by atoms with Crippen LogP contribution in [0.3, 0.4) is 0 Å². The van der Waals surface area contributed by atoms with Crippen molar-refractivity contribution in [3.8, 4) is 5.75 Å². The number of Topliss-reactive ketones (excluding diaryl/α,β-unsaturated/α-hetero) is 1. The molecule has 0 aromatic heterocycles. The summed E-state index contributed by atoms with van der Waals surface area (Å²) in [5, 5.41) is 9.72. The molecular formula is C9H8BrIO2. The van der Waals surface area contributed by atoms with Gasteiger partial charge in [-0.15, -0.1) is 0 Å². The van der Waals surface area contributed by atoms with E-state index in [1.54, 1.807) is 12.1 Å². The van der Waals surface area contributed by atoms with Gasteiger partial charge in [0.05, 0.1) is 8.90 Å². The first-order valence-corrected chi connectivity index (χ1v) is 5.89. The molecule has 1 aromatic rings. The molecule has 0 amide bonds. The lowest BCUT2D eigenvalue weighted by Crippen LogP contribution is -2.04. The van der Waals surface area contributed by atoms with Crippen molar-refractivity contribution >= 4 is 44.3 Å². The van der Waals surface area contributed by atoms with Crippen molar-refractivity contribution < 1.29 is 9.90 Å². The summed E-state index contributed by atoms with van der Waals surface area (Å²) in [6, 6.07) is 5.21. The number of carbonyl (C=O) groups excluding carboxylic acids is 1. The van der Waals surface area contributed by atoms with E-state index in [0.717, 1.165) is 9.13 Å². The molecule has 0 aliphatic carbocycles. The van der Waals surface area contributed by atoms with E-state index >= 15 is 0 Å². The molecule has 0 aliphatic heterocycles. The Labute approximate surface area is 98.6 Å². The topological polar surface area (TPSA) is 37.3 Å². The summed E-state index contributed by atoms with van der Waals surface area (Å²) in [4.78, 5) is 11.1. The third kappa shape index (κ3) is 2.95. The molecule has 0 saturated heterocycles. The standard InChI is InChI=1S/C9H8BrIO2/c10-5-7(12)4-6-2-1-3-8(13)9(6)11/h1-3,13H,4-5H2. The number of hydrogen-bond donors (Lipinski definition) is 1. The van der Waals surface area contributed by atoms with Crippen molar-refractivity contribution in [2.75, 3.05) is 5.33 Å². The number of alkyl halides is 1. The summed E-state index contributed by atoms with van der Waals surface area (Å²) in [6.45, 7) is 0. The highest BCUT2D eigenvalue weighted by Gasteiger charge is 2.07. The second-order valence-electron chi connectivity index (χ2n) is 2.60. The van der Waals surface area contributed by atoms with E-state index in [1.807, 2.05) is 28.7 Å². The van der Waals surface area contributed by atoms with Crippen LogP contribution in [0.2, 0.25) is 0 Å². The van der Waals surface area contributed by atoms with Crippen LogP contribution in [0.1, 0.15) is 5.56 Å². The van der Waals surface area contributed by atoms with Gasteiger partial charge >= 0.3 is 0 Å². The summed E-state index contributed by atoms with van der Waals surface area (Å²) in [7, 11) is 0. The Bertz CT molecular complexity index is 325. The van der Waals surface area contributed by atoms with Gasteiger partial charge in [0.1, 0.15) is 11.5 Å². The van der Waals surface area contributed by atoms with E-state index in [-0.39, 0.29) is 11.5 Å². The molecule has 4 heteroatoms. The molecule has 70 valence electrons. The van der Waals surface area contributed by atoms with Crippen molar-refractivity contribution in [1.82, 2.24) is 0 Å². The summed E-state index contributed by atoms with van der Waals surface area (Å²) in [5.41, 5.74) is 0.880. The Balaban J connectivity index is 2.89. The van der Waals surface area contributed by atoms with E-state index in [2.05, 4.69) is 15.9 Å². The summed E-state index contributed by atoms with van der Waals surface area (Å²) < 4.78 is 0.759. The Morgan fingerprint density at radius 1 is 1.54 bits per heavy atom. The monoisotopic (exact) mass is 354 g/mol. The molecule has 1 rings (SSSR count). The zero-order valence-corrected chi connectivity index (χ0v) is 10.5. The summed E-state index contributed by atoms with van der Waals surface area (Å²) in [6.07, 6.45) is 0.373. The van der Waals surface area contributed by atoms with Crippen LogP contribution in [0, 0.1) is 3.57 Å². The van der Waals surface area contributed by atoms with Crippen LogP contribution < -0.4 is 0 Å². The van der Waals surface area contributed by atoms with E-state index < -0.39 is 0 Å². The van der Waals surface area contributed by atoms with Crippen molar-refractivity contribution in [1.29, 1.82) is 0 Å². The van der Waals surface area contributed by atoms with Crippen LogP contribution in [0.15, 0.2) is 18.2 Å². The molecule has 13 heavy (non-hydrogen) atoms. The lowest BCUT2D eigenvalue weighted by molar-refractivity contribution is -0.115. The average Bonchev–Trinajstić information content (AvgIpc) is 2.13. The van der Waals surface area contributed by atoms with Crippen LogP contribution in [0.4, 0.5) is 0 Å². The molecule has 0 bridgehead atoms. The largest absolute Gasteiger partial charge is 0.507 e. The fourth-order valence-electron chi connectivity index (χ4n) is 0.962. The van der Waals surface area contributed by atoms with E-state index in [9.17, 15) is 9.90 Å². The van der Waals surface area contributed by atoms with Gasteiger partial charge in [0, 0.05) is 6.42 Å². The molecular weight excluding hydrogens is 347 g/mol.